The largest absolute Gasteiger partial charge is 0.395 e. The van der Waals surface area contributed by atoms with Gasteiger partial charge in [0.25, 0.3) is 0 Å². The van der Waals surface area contributed by atoms with Crippen LogP contribution in [0.2, 0.25) is 0 Å². The topological polar surface area (TPSA) is 74.2 Å². The zero-order chi connectivity index (χ0) is 16.1. The van der Waals surface area contributed by atoms with E-state index in [1.165, 1.54) is 0 Å². The molecule has 0 spiro atoms. The van der Waals surface area contributed by atoms with Gasteiger partial charge < -0.3 is 15.3 Å². The zero-order valence-electron chi connectivity index (χ0n) is 13.4. The van der Waals surface area contributed by atoms with Gasteiger partial charge in [-0.05, 0) is 31.9 Å². The lowest BCUT2D eigenvalue weighted by Crippen LogP contribution is -2.43. The highest BCUT2D eigenvalue weighted by atomic mass is 16.3. The average molecular weight is 313 g/mol. The van der Waals surface area contributed by atoms with Crippen LogP contribution in [0.15, 0.2) is 30.6 Å². The number of hydrogen-bond donors (Lipinski definition) is 2. The third-order valence-electron chi connectivity index (χ3n) is 4.12. The Kier molecular flexibility index (Phi) is 5.15. The summed E-state index contributed by atoms with van der Waals surface area (Å²) in [6, 6.07) is 6.41. The van der Waals surface area contributed by atoms with Crippen molar-refractivity contribution >= 4 is 5.82 Å². The number of piperidine rings is 1. The monoisotopic (exact) mass is 313 g/mol. The van der Waals surface area contributed by atoms with Crippen molar-refractivity contribution in [2.45, 2.75) is 25.8 Å². The number of aliphatic hydroxyl groups excluding tert-OH is 1. The molecule has 0 aliphatic carbocycles. The Morgan fingerprint density at radius 3 is 2.83 bits per heavy atom. The molecule has 1 saturated heterocycles. The summed E-state index contributed by atoms with van der Waals surface area (Å²) in [5, 5.41) is 12.3. The second kappa shape index (κ2) is 7.48. The number of hydrogen-bond acceptors (Lipinski definition) is 6. The Bertz CT molecular complexity index is 626. The lowest BCUT2D eigenvalue weighted by atomic mass is 10.1. The van der Waals surface area contributed by atoms with Crippen molar-refractivity contribution in [2.24, 2.45) is 0 Å². The third-order valence-corrected chi connectivity index (χ3v) is 4.12. The van der Waals surface area contributed by atoms with Gasteiger partial charge in [0.1, 0.15) is 5.82 Å². The highest BCUT2D eigenvalue weighted by Gasteiger charge is 2.20. The molecule has 2 aromatic heterocycles. The predicted molar refractivity (Wildman–Crippen MR) is 90.3 cm³/mol. The van der Waals surface area contributed by atoms with Crippen molar-refractivity contribution in [3.63, 3.8) is 0 Å². The Morgan fingerprint density at radius 1 is 1.30 bits per heavy atom. The van der Waals surface area contributed by atoms with E-state index in [1.54, 1.807) is 12.4 Å². The van der Waals surface area contributed by atoms with Gasteiger partial charge in [-0.3, -0.25) is 4.98 Å². The molecule has 0 radical (unpaired) electrons. The Hall–Kier alpha value is -2.05. The van der Waals surface area contributed by atoms with E-state index in [1.807, 2.05) is 25.1 Å². The quantitative estimate of drug-likeness (QED) is 0.869. The van der Waals surface area contributed by atoms with Crippen LogP contribution in [0.3, 0.4) is 0 Å². The van der Waals surface area contributed by atoms with E-state index in [4.69, 9.17) is 10.1 Å². The maximum atomic E-state index is 8.90. The van der Waals surface area contributed by atoms with E-state index in [-0.39, 0.29) is 6.61 Å². The molecule has 0 amide bonds. The van der Waals surface area contributed by atoms with Gasteiger partial charge in [-0.15, -0.1) is 0 Å². The van der Waals surface area contributed by atoms with Gasteiger partial charge in [0.2, 0.25) is 0 Å². The van der Waals surface area contributed by atoms with E-state index in [9.17, 15) is 0 Å². The average Bonchev–Trinajstić information content (AvgIpc) is 2.60. The number of rotatable bonds is 5. The van der Waals surface area contributed by atoms with Crippen molar-refractivity contribution in [3.05, 3.63) is 36.3 Å². The molecular weight excluding hydrogens is 290 g/mol. The van der Waals surface area contributed by atoms with Crippen molar-refractivity contribution in [3.8, 4) is 11.4 Å². The lowest BCUT2D eigenvalue weighted by molar-refractivity contribution is 0.277. The molecule has 23 heavy (non-hydrogen) atoms. The smallest absolute Gasteiger partial charge is 0.163 e. The minimum atomic E-state index is 0.194. The molecule has 2 N–H and O–H groups in total. The van der Waals surface area contributed by atoms with Crippen LogP contribution >= 0.6 is 0 Å². The summed E-state index contributed by atoms with van der Waals surface area (Å²) in [6.45, 7) is 4.79. The van der Waals surface area contributed by atoms with E-state index in [2.05, 4.69) is 20.2 Å². The fourth-order valence-corrected chi connectivity index (χ4v) is 2.92. The Labute approximate surface area is 136 Å². The second-order valence-corrected chi connectivity index (χ2v) is 5.87. The molecule has 3 heterocycles. The number of anilines is 1. The van der Waals surface area contributed by atoms with Gasteiger partial charge >= 0.3 is 0 Å². The summed E-state index contributed by atoms with van der Waals surface area (Å²) in [5.41, 5.74) is 1.91. The van der Waals surface area contributed by atoms with Crippen LogP contribution in [0, 0.1) is 6.92 Å². The number of aromatic nitrogens is 3. The van der Waals surface area contributed by atoms with Gasteiger partial charge in [-0.25, -0.2) is 9.97 Å². The highest BCUT2D eigenvalue weighted by molar-refractivity contribution is 5.56. The van der Waals surface area contributed by atoms with Crippen molar-refractivity contribution < 1.29 is 5.11 Å². The number of aliphatic hydroxyl groups is 1. The summed E-state index contributed by atoms with van der Waals surface area (Å²) in [6.07, 6.45) is 5.67. The fourth-order valence-electron chi connectivity index (χ4n) is 2.92. The number of aryl methyl sites for hydroxylation is 1. The second-order valence-electron chi connectivity index (χ2n) is 5.87. The molecule has 0 saturated carbocycles. The molecule has 1 aliphatic heterocycles. The zero-order valence-corrected chi connectivity index (χ0v) is 13.4. The molecular formula is C17H23N5O. The minimum Gasteiger partial charge on any atom is -0.395 e. The molecule has 0 bridgehead atoms. The molecule has 0 aromatic carbocycles. The van der Waals surface area contributed by atoms with Crippen molar-refractivity contribution in [1.82, 2.24) is 20.3 Å². The molecule has 3 rings (SSSR count). The van der Waals surface area contributed by atoms with E-state index >= 15 is 0 Å². The summed E-state index contributed by atoms with van der Waals surface area (Å²) < 4.78 is 0. The number of nitrogens with one attached hydrogen (secondary N) is 1. The first kappa shape index (κ1) is 15.8. The van der Waals surface area contributed by atoms with Crippen LogP contribution in [0.1, 0.15) is 18.5 Å². The third kappa shape index (κ3) is 4.03. The van der Waals surface area contributed by atoms with E-state index < -0.39 is 0 Å². The normalized spacial score (nSPS) is 15.8. The molecule has 6 nitrogen and oxygen atoms in total. The summed E-state index contributed by atoms with van der Waals surface area (Å²) in [5.74, 6) is 1.71. The van der Waals surface area contributed by atoms with Crippen LogP contribution in [0.25, 0.3) is 11.4 Å². The maximum Gasteiger partial charge on any atom is 0.163 e. The van der Waals surface area contributed by atoms with Gasteiger partial charge in [-0.2, -0.15) is 0 Å². The minimum absolute atomic E-state index is 0.194. The highest BCUT2D eigenvalue weighted by Crippen LogP contribution is 2.22. The summed E-state index contributed by atoms with van der Waals surface area (Å²) >= 11 is 0. The van der Waals surface area contributed by atoms with E-state index in [0.717, 1.165) is 48.8 Å². The molecule has 6 heteroatoms. The van der Waals surface area contributed by atoms with Crippen molar-refractivity contribution in [2.75, 3.05) is 31.1 Å². The van der Waals surface area contributed by atoms with E-state index in [0.29, 0.717) is 12.6 Å². The van der Waals surface area contributed by atoms with Crippen LogP contribution < -0.4 is 10.2 Å². The van der Waals surface area contributed by atoms with Gasteiger partial charge in [0.05, 0.1) is 6.61 Å². The van der Waals surface area contributed by atoms with Crippen molar-refractivity contribution in [1.29, 1.82) is 0 Å². The first-order chi connectivity index (χ1) is 11.3. The van der Waals surface area contributed by atoms with Crippen LogP contribution in [-0.2, 0) is 0 Å². The number of pyridine rings is 1. The predicted octanol–water partition coefficient (Wildman–Crippen LogP) is 1.40. The van der Waals surface area contributed by atoms with Crippen LogP contribution in [-0.4, -0.2) is 52.3 Å². The lowest BCUT2D eigenvalue weighted by Gasteiger charge is -2.33. The van der Waals surface area contributed by atoms with Gasteiger partial charge in [0.15, 0.2) is 5.82 Å². The Balaban J connectivity index is 1.73. The van der Waals surface area contributed by atoms with Gasteiger partial charge in [0, 0.05) is 55.4 Å². The SMILES string of the molecule is Cc1cc(N2CCC(NCCO)CC2)nc(-c2cccnc2)n1. The molecule has 0 atom stereocenters. The summed E-state index contributed by atoms with van der Waals surface area (Å²) in [4.78, 5) is 15.7. The first-order valence-corrected chi connectivity index (χ1v) is 8.11. The van der Waals surface area contributed by atoms with Crippen LogP contribution in [0.5, 0.6) is 0 Å². The molecule has 2 aromatic rings. The fraction of sp³-hybridized carbons (Fsp3) is 0.471. The first-order valence-electron chi connectivity index (χ1n) is 8.11. The van der Waals surface area contributed by atoms with Crippen LogP contribution in [0.4, 0.5) is 5.82 Å². The molecule has 0 unspecified atom stereocenters. The van der Waals surface area contributed by atoms with Gasteiger partial charge in [-0.1, -0.05) is 0 Å². The molecule has 1 aliphatic rings. The molecule has 122 valence electrons. The standard InChI is InChI=1S/C17H23N5O/c1-13-11-16(21-17(20-13)14-3-2-6-18-12-14)22-8-4-15(5-9-22)19-7-10-23/h2-3,6,11-12,15,19,23H,4-5,7-10H2,1H3. The summed E-state index contributed by atoms with van der Waals surface area (Å²) in [7, 11) is 0. The Morgan fingerprint density at radius 2 is 2.13 bits per heavy atom. The number of nitrogens with zero attached hydrogens (tertiary/aromatic N) is 4. The maximum absolute atomic E-state index is 8.90. The molecule has 1 fully saturated rings.